The average molecular weight is 398 g/mol. The minimum atomic E-state index is -0.510. The summed E-state index contributed by atoms with van der Waals surface area (Å²) in [5, 5.41) is 2.95. The summed E-state index contributed by atoms with van der Waals surface area (Å²) in [5.74, 6) is -0.621. The number of rotatable bonds is 4. The summed E-state index contributed by atoms with van der Waals surface area (Å²) < 4.78 is 5.27. The summed E-state index contributed by atoms with van der Waals surface area (Å²) in [6, 6.07) is 13.3. The first kappa shape index (κ1) is 19.0. The third kappa shape index (κ3) is 5.90. The number of thiocarbonyl (C=S) groups is 1. The Hall–Kier alpha value is -2.35. The molecular formula is C16H13Cl2N3O3S. The summed E-state index contributed by atoms with van der Waals surface area (Å²) in [5.41, 5.74) is 5.02. The zero-order valence-corrected chi connectivity index (χ0v) is 15.0. The molecule has 0 radical (unpaired) electrons. The monoisotopic (exact) mass is 397 g/mol. The van der Waals surface area contributed by atoms with Crippen LogP contribution >= 0.6 is 35.4 Å². The topological polar surface area (TPSA) is 79.5 Å². The highest BCUT2D eigenvalue weighted by Crippen LogP contribution is 2.22. The summed E-state index contributed by atoms with van der Waals surface area (Å²) >= 11 is 16.7. The molecule has 0 aromatic heterocycles. The lowest BCUT2D eigenvalue weighted by Crippen LogP contribution is -2.49. The van der Waals surface area contributed by atoms with Gasteiger partial charge in [-0.25, -0.2) is 0 Å². The standard InChI is InChI=1S/C16H13Cl2N3O3S/c17-11-6-2-1-5-10(11)15(23)20-21-16(25)19-14(22)9-24-13-8-4-3-7-12(13)18/h1-8H,9H2,(H,20,23)(H2,19,21,22,25). The Morgan fingerprint density at radius 3 is 2.28 bits per heavy atom. The lowest BCUT2D eigenvalue weighted by molar-refractivity contribution is -0.121. The van der Waals surface area contributed by atoms with Crippen LogP contribution in [0.4, 0.5) is 0 Å². The number of halogens is 2. The molecule has 9 heteroatoms. The molecule has 0 spiro atoms. The van der Waals surface area contributed by atoms with Gasteiger partial charge in [0.2, 0.25) is 0 Å². The Labute approximate surface area is 159 Å². The molecular weight excluding hydrogens is 385 g/mol. The second kappa shape index (κ2) is 9.22. The first-order valence-electron chi connectivity index (χ1n) is 6.99. The van der Waals surface area contributed by atoms with Crippen LogP contribution in [0.2, 0.25) is 10.0 Å². The van der Waals surface area contributed by atoms with Crippen LogP contribution in [0.15, 0.2) is 48.5 Å². The van der Waals surface area contributed by atoms with Gasteiger partial charge in [-0.1, -0.05) is 47.5 Å². The van der Waals surface area contributed by atoms with E-state index >= 15 is 0 Å². The molecule has 0 fully saturated rings. The van der Waals surface area contributed by atoms with E-state index in [2.05, 4.69) is 16.2 Å². The zero-order chi connectivity index (χ0) is 18.2. The van der Waals surface area contributed by atoms with Gasteiger partial charge in [0, 0.05) is 0 Å². The largest absolute Gasteiger partial charge is 0.482 e. The maximum Gasteiger partial charge on any atom is 0.271 e. The van der Waals surface area contributed by atoms with Crippen molar-refractivity contribution in [3.05, 3.63) is 64.1 Å². The van der Waals surface area contributed by atoms with Gasteiger partial charge in [-0.3, -0.25) is 25.8 Å². The van der Waals surface area contributed by atoms with Crippen molar-refractivity contribution in [2.75, 3.05) is 6.61 Å². The van der Waals surface area contributed by atoms with Gasteiger partial charge in [0.1, 0.15) is 5.75 Å². The highest BCUT2D eigenvalue weighted by molar-refractivity contribution is 7.80. The van der Waals surface area contributed by atoms with Crippen LogP contribution in [0.5, 0.6) is 5.75 Å². The van der Waals surface area contributed by atoms with Crippen molar-refractivity contribution in [2.45, 2.75) is 0 Å². The Kier molecular flexibility index (Phi) is 7.00. The third-order valence-electron chi connectivity index (χ3n) is 2.86. The molecule has 0 aliphatic heterocycles. The number of hydrogen-bond donors (Lipinski definition) is 3. The van der Waals surface area contributed by atoms with E-state index in [9.17, 15) is 9.59 Å². The van der Waals surface area contributed by atoms with Crippen molar-refractivity contribution in [3.63, 3.8) is 0 Å². The molecule has 2 rings (SSSR count). The molecule has 0 saturated carbocycles. The van der Waals surface area contributed by atoms with Gasteiger partial charge in [-0.15, -0.1) is 0 Å². The summed E-state index contributed by atoms with van der Waals surface area (Å²) in [4.78, 5) is 23.7. The second-order valence-electron chi connectivity index (χ2n) is 4.66. The van der Waals surface area contributed by atoms with Crippen LogP contribution in [0.1, 0.15) is 10.4 Å². The van der Waals surface area contributed by atoms with E-state index < -0.39 is 11.8 Å². The molecule has 6 nitrogen and oxygen atoms in total. The fourth-order valence-electron chi connectivity index (χ4n) is 1.73. The minimum absolute atomic E-state index is 0.0897. The molecule has 0 atom stereocenters. The highest BCUT2D eigenvalue weighted by Gasteiger charge is 2.11. The summed E-state index contributed by atoms with van der Waals surface area (Å²) in [6.45, 7) is -0.288. The average Bonchev–Trinajstić information content (AvgIpc) is 2.59. The normalized spacial score (nSPS) is 9.84. The molecule has 130 valence electrons. The number of carbonyl (C=O) groups is 2. The van der Waals surface area contributed by atoms with Crippen LogP contribution in [0.3, 0.4) is 0 Å². The van der Waals surface area contributed by atoms with Crippen molar-refractivity contribution in [1.29, 1.82) is 0 Å². The van der Waals surface area contributed by atoms with Crippen LogP contribution < -0.4 is 20.9 Å². The van der Waals surface area contributed by atoms with Gasteiger partial charge < -0.3 is 4.74 Å². The number of para-hydroxylation sites is 1. The number of ether oxygens (including phenoxy) is 1. The predicted molar refractivity (Wildman–Crippen MR) is 99.7 cm³/mol. The van der Waals surface area contributed by atoms with E-state index in [1.165, 1.54) is 0 Å². The summed E-state index contributed by atoms with van der Waals surface area (Å²) in [7, 11) is 0. The Morgan fingerprint density at radius 1 is 0.960 bits per heavy atom. The van der Waals surface area contributed by atoms with E-state index in [-0.39, 0.29) is 17.3 Å². The van der Waals surface area contributed by atoms with Crippen molar-refractivity contribution < 1.29 is 14.3 Å². The summed E-state index contributed by atoms with van der Waals surface area (Å²) in [6.07, 6.45) is 0. The van der Waals surface area contributed by atoms with Crippen molar-refractivity contribution in [1.82, 2.24) is 16.2 Å². The van der Waals surface area contributed by atoms with Crippen LogP contribution in [-0.4, -0.2) is 23.5 Å². The first-order valence-corrected chi connectivity index (χ1v) is 8.16. The lowest BCUT2D eigenvalue weighted by atomic mass is 10.2. The Balaban J connectivity index is 1.76. The molecule has 0 saturated heterocycles. The number of amides is 2. The fourth-order valence-corrected chi connectivity index (χ4v) is 2.30. The SMILES string of the molecule is O=C(COc1ccccc1Cl)NC(=S)NNC(=O)c1ccccc1Cl. The Bertz CT molecular complexity index is 802. The molecule has 0 aliphatic rings. The maximum absolute atomic E-state index is 11.9. The van der Waals surface area contributed by atoms with Gasteiger partial charge in [0.15, 0.2) is 11.7 Å². The second-order valence-corrected chi connectivity index (χ2v) is 5.88. The van der Waals surface area contributed by atoms with Crippen LogP contribution in [0, 0.1) is 0 Å². The molecule has 2 aromatic carbocycles. The molecule has 0 bridgehead atoms. The number of benzene rings is 2. The van der Waals surface area contributed by atoms with Crippen molar-refractivity contribution >= 4 is 52.3 Å². The van der Waals surface area contributed by atoms with Crippen LogP contribution in [0.25, 0.3) is 0 Å². The van der Waals surface area contributed by atoms with E-state index in [0.29, 0.717) is 15.8 Å². The minimum Gasteiger partial charge on any atom is -0.482 e. The third-order valence-corrected chi connectivity index (χ3v) is 3.70. The Morgan fingerprint density at radius 2 is 1.60 bits per heavy atom. The van der Waals surface area contributed by atoms with Gasteiger partial charge >= 0.3 is 0 Å². The van der Waals surface area contributed by atoms with Crippen molar-refractivity contribution in [2.24, 2.45) is 0 Å². The lowest BCUT2D eigenvalue weighted by Gasteiger charge is -2.12. The van der Waals surface area contributed by atoms with E-state index in [0.717, 1.165) is 0 Å². The number of carbonyl (C=O) groups excluding carboxylic acids is 2. The zero-order valence-electron chi connectivity index (χ0n) is 12.7. The molecule has 2 amide bonds. The van der Waals surface area contributed by atoms with E-state index in [1.54, 1.807) is 48.5 Å². The van der Waals surface area contributed by atoms with Gasteiger partial charge in [-0.05, 0) is 36.5 Å². The van der Waals surface area contributed by atoms with Crippen LogP contribution in [-0.2, 0) is 4.79 Å². The fraction of sp³-hybridized carbons (Fsp3) is 0.0625. The maximum atomic E-state index is 11.9. The molecule has 2 aromatic rings. The smallest absolute Gasteiger partial charge is 0.271 e. The molecule has 0 aliphatic carbocycles. The van der Waals surface area contributed by atoms with Gasteiger partial charge in [0.05, 0.1) is 15.6 Å². The van der Waals surface area contributed by atoms with Gasteiger partial charge in [0.25, 0.3) is 11.8 Å². The number of hydrogen-bond acceptors (Lipinski definition) is 4. The highest BCUT2D eigenvalue weighted by atomic mass is 35.5. The molecule has 0 unspecified atom stereocenters. The molecule has 25 heavy (non-hydrogen) atoms. The molecule has 0 heterocycles. The first-order chi connectivity index (χ1) is 12.0. The van der Waals surface area contributed by atoms with E-state index in [1.807, 2.05) is 0 Å². The van der Waals surface area contributed by atoms with Crippen molar-refractivity contribution in [3.8, 4) is 5.75 Å². The van der Waals surface area contributed by atoms with Gasteiger partial charge in [-0.2, -0.15) is 0 Å². The number of nitrogens with one attached hydrogen (secondary N) is 3. The quantitative estimate of drug-likeness (QED) is 0.545. The molecule has 3 N–H and O–H groups in total. The van der Waals surface area contributed by atoms with E-state index in [4.69, 9.17) is 40.2 Å². The predicted octanol–water partition coefficient (Wildman–Crippen LogP) is 2.71. The number of hydrazine groups is 1.